The number of carbonyl (C=O) groups excluding carboxylic acids is 2. The molecule has 9 nitrogen and oxygen atoms in total. The van der Waals surface area contributed by atoms with Crippen molar-refractivity contribution in [2.75, 3.05) is 19.0 Å². The number of hydrogen-bond acceptors (Lipinski definition) is 6. The molecule has 0 aromatic heterocycles. The van der Waals surface area contributed by atoms with Crippen molar-refractivity contribution in [3.8, 4) is 5.75 Å². The first-order chi connectivity index (χ1) is 12.4. The maximum Gasteiger partial charge on any atom is 0.273 e. The second-order valence-electron chi connectivity index (χ2n) is 5.29. The number of carbonyl (C=O) groups is 2. The number of amides is 2. The van der Waals surface area contributed by atoms with Gasteiger partial charge in [-0.15, -0.1) is 0 Å². The van der Waals surface area contributed by atoms with E-state index in [2.05, 4.69) is 16.2 Å². The maximum atomic E-state index is 12.1. The Morgan fingerprint density at radius 3 is 2.42 bits per heavy atom. The molecule has 0 atom stereocenters. The number of hydrazine groups is 1. The predicted octanol–water partition coefficient (Wildman–Crippen LogP) is 1.78. The Morgan fingerprint density at radius 2 is 1.81 bits per heavy atom. The van der Waals surface area contributed by atoms with E-state index in [-0.39, 0.29) is 23.4 Å². The fourth-order valence-electron chi connectivity index (χ4n) is 2.20. The average Bonchev–Trinajstić information content (AvgIpc) is 2.64. The second kappa shape index (κ2) is 8.47. The SMILES string of the molecule is COc1ccc(NCC(=O)NNC(=O)c2cccc([N+](=O)[O-])c2C)cc1. The molecule has 0 bridgehead atoms. The third kappa shape index (κ3) is 4.69. The van der Waals surface area contributed by atoms with Crippen molar-refractivity contribution in [2.24, 2.45) is 0 Å². The molecule has 0 fully saturated rings. The Labute approximate surface area is 149 Å². The maximum absolute atomic E-state index is 12.1. The van der Waals surface area contributed by atoms with Crippen molar-refractivity contribution in [2.45, 2.75) is 6.92 Å². The average molecular weight is 358 g/mol. The predicted molar refractivity (Wildman–Crippen MR) is 94.9 cm³/mol. The highest BCUT2D eigenvalue weighted by Gasteiger charge is 2.18. The standard InChI is InChI=1S/C17H18N4O5/c1-11-14(4-3-5-15(11)21(24)25)17(23)20-19-16(22)10-18-12-6-8-13(26-2)9-7-12/h3-9,18H,10H2,1-2H3,(H,19,22)(H,20,23). The number of nitro groups is 1. The van der Waals surface area contributed by atoms with E-state index in [1.807, 2.05) is 0 Å². The molecule has 0 unspecified atom stereocenters. The zero-order chi connectivity index (χ0) is 19.1. The molecule has 0 heterocycles. The van der Waals surface area contributed by atoms with Crippen LogP contribution in [-0.4, -0.2) is 30.4 Å². The lowest BCUT2D eigenvalue weighted by Crippen LogP contribution is -2.44. The van der Waals surface area contributed by atoms with Gasteiger partial charge < -0.3 is 10.1 Å². The van der Waals surface area contributed by atoms with Crippen molar-refractivity contribution in [3.63, 3.8) is 0 Å². The third-order valence-electron chi connectivity index (χ3n) is 3.61. The van der Waals surface area contributed by atoms with Crippen LogP contribution in [0.4, 0.5) is 11.4 Å². The first-order valence-corrected chi connectivity index (χ1v) is 7.63. The van der Waals surface area contributed by atoms with Crippen LogP contribution in [0.2, 0.25) is 0 Å². The van der Waals surface area contributed by atoms with Crippen LogP contribution >= 0.6 is 0 Å². The van der Waals surface area contributed by atoms with Gasteiger partial charge >= 0.3 is 0 Å². The van der Waals surface area contributed by atoms with E-state index < -0.39 is 16.7 Å². The Bertz CT molecular complexity index is 820. The number of hydrogen-bond donors (Lipinski definition) is 3. The number of nitro benzene ring substituents is 1. The molecule has 0 saturated carbocycles. The minimum absolute atomic E-state index is 0.0689. The highest BCUT2D eigenvalue weighted by atomic mass is 16.6. The van der Waals surface area contributed by atoms with Gasteiger partial charge in [-0.2, -0.15) is 0 Å². The molecule has 136 valence electrons. The van der Waals surface area contributed by atoms with Crippen LogP contribution in [0.3, 0.4) is 0 Å². The molecule has 0 aliphatic rings. The highest BCUT2D eigenvalue weighted by Crippen LogP contribution is 2.20. The number of benzene rings is 2. The Balaban J connectivity index is 1.87. The zero-order valence-corrected chi connectivity index (χ0v) is 14.2. The molecule has 0 saturated heterocycles. The van der Waals surface area contributed by atoms with Crippen LogP contribution in [0.1, 0.15) is 15.9 Å². The summed E-state index contributed by atoms with van der Waals surface area (Å²) in [6.07, 6.45) is 0. The second-order valence-corrected chi connectivity index (χ2v) is 5.29. The van der Waals surface area contributed by atoms with Crippen LogP contribution in [0.15, 0.2) is 42.5 Å². The number of rotatable bonds is 6. The molecule has 2 rings (SSSR count). The van der Waals surface area contributed by atoms with Gasteiger partial charge in [0.15, 0.2) is 0 Å². The minimum atomic E-state index is -0.635. The van der Waals surface area contributed by atoms with Crippen LogP contribution < -0.4 is 20.9 Å². The van der Waals surface area contributed by atoms with Gasteiger partial charge in [0.25, 0.3) is 17.5 Å². The summed E-state index contributed by atoms with van der Waals surface area (Å²) in [5.74, 6) is -0.416. The number of anilines is 1. The first kappa shape index (κ1) is 18.7. The lowest BCUT2D eigenvalue weighted by molar-refractivity contribution is -0.385. The molecular weight excluding hydrogens is 340 g/mol. The van der Waals surface area contributed by atoms with Crippen molar-refractivity contribution in [3.05, 3.63) is 63.7 Å². The van der Waals surface area contributed by atoms with Gasteiger partial charge in [-0.3, -0.25) is 30.6 Å². The monoisotopic (exact) mass is 358 g/mol. The van der Waals surface area contributed by atoms with E-state index in [9.17, 15) is 19.7 Å². The molecule has 2 amide bonds. The molecule has 9 heteroatoms. The summed E-state index contributed by atoms with van der Waals surface area (Å²) in [6.45, 7) is 1.40. The Kier molecular flexibility index (Phi) is 6.10. The van der Waals surface area contributed by atoms with E-state index in [1.54, 1.807) is 31.4 Å². The van der Waals surface area contributed by atoms with Gasteiger partial charge in [-0.1, -0.05) is 6.07 Å². The number of nitrogens with zero attached hydrogens (tertiary/aromatic N) is 1. The van der Waals surface area contributed by atoms with E-state index in [0.717, 1.165) is 0 Å². The van der Waals surface area contributed by atoms with Gasteiger partial charge in [-0.25, -0.2) is 0 Å². The summed E-state index contributed by atoms with van der Waals surface area (Å²) in [5.41, 5.74) is 5.38. The molecule has 0 aliphatic carbocycles. The topological polar surface area (TPSA) is 123 Å². The van der Waals surface area contributed by atoms with Crippen molar-refractivity contribution in [1.82, 2.24) is 10.9 Å². The smallest absolute Gasteiger partial charge is 0.273 e. The van der Waals surface area contributed by atoms with Gasteiger partial charge in [0, 0.05) is 17.3 Å². The summed E-state index contributed by atoms with van der Waals surface area (Å²) in [6, 6.07) is 11.1. The van der Waals surface area contributed by atoms with Crippen LogP contribution in [-0.2, 0) is 4.79 Å². The molecule has 0 radical (unpaired) electrons. The highest BCUT2D eigenvalue weighted by molar-refractivity contribution is 5.97. The number of ether oxygens (including phenoxy) is 1. The fourth-order valence-corrected chi connectivity index (χ4v) is 2.20. The van der Waals surface area contributed by atoms with Crippen molar-refractivity contribution in [1.29, 1.82) is 0 Å². The molecule has 3 N–H and O–H groups in total. The van der Waals surface area contributed by atoms with Gasteiger partial charge in [0.05, 0.1) is 24.1 Å². The molecule has 2 aromatic carbocycles. The number of nitrogens with one attached hydrogen (secondary N) is 3. The largest absolute Gasteiger partial charge is 0.497 e. The van der Waals surface area contributed by atoms with Gasteiger partial charge in [-0.05, 0) is 37.3 Å². The normalized spacial score (nSPS) is 9.92. The quantitative estimate of drug-likeness (QED) is 0.534. The van der Waals surface area contributed by atoms with E-state index >= 15 is 0 Å². The summed E-state index contributed by atoms with van der Waals surface area (Å²) < 4.78 is 5.04. The minimum Gasteiger partial charge on any atom is -0.497 e. The lowest BCUT2D eigenvalue weighted by Gasteiger charge is -2.10. The van der Waals surface area contributed by atoms with E-state index in [1.165, 1.54) is 25.1 Å². The summed E-state index contributed by atoms with van der Waals surface area (Å²) in [5, 5.41) is 13.8. The molecular formula is C17H18N4O5. The molecule has 26 heavy (non-hydrogen) atoms. The molecule has 0 aliphatic heterocycles. The molecule has 2 aromatic rings. The van der Waals surface area contributed by atoms with E-state index in [0.29, 0.717) is 11.4 Å². The van der Waals surface area contributed by atoms with Crippen molar-refractivity contribution >= 4 is 23.2 Å². The summed E-state index contributed by atoms with van der Waals surface area (Å²) >= 11 is 0. The Hall–Kier alpha value is -3.62. The molecule has 0 spiro atoms. The van der Waals surface area contributed by atoms with Gasteiger partial charge in [0.2, 0.25) is 0 Å². The fraction of sp³-hybridized carbons (Fsp3) is 0.176. The van der Waals surface area contributed by atoms with Crippen LogP contribution in [0.25, 0.3) is 0 Å². The Morgan fingerprint density at radius 1 is 1.12 bits per heavy atom. The third-order valence-corrected chi connectivity index (χ3v) is 3.61. The van der Waals surface area contributed by atoms with E-state index in [4.69, 9.17) is 4.74 Å². The number of methoxy groups -OCH3 is 1. The zero-order valence-electron chi connectivity index (χ0n) is 14.2. The summed E-state index contributed by atoms with van der Waals surface area (Å²) in [7, 11) is 1.56. The van der Waals surface area contributed by atoms with Crippen molar-refractivity contribution < 1.29 is 19.2 Å². The summed E-state index contributed by atoms with van der Waals surface area (Å²) in [4.78, 5) is 34.3. The first-order valence-electron chi connectivity index (χ1n) is 7.63. The lowest BCUT2D eigenvalue weighted by atomic mass is 10.1. The van der Waals surface area contributed by atoms with Gasteiger partial charge in [0.1, 0.15) is 5.75 Å². The van der Waals surface area contributed by atoms with Crippen LogP contribution in [0.5, 0.6) is 5.75 Å². The van der Waals surface area contributed by atoms with Crippen LogP contribution in [0, 0.1) is 17.0 Å².